The lowest BCUT2D eigenvalue weighted by atomic mass is 10.1. The molecule has 1 aromatic carbocycles. The molecule has 96 valence electrons. The molecule has 0 aliphatic carbocycles. The Morgan fingerprint density at radius 2 is 1.89 bits per heavy atom. The monoisotopic (exact) mass is 244 g/mol. The fourth-order valence-electron chi connectivity index (χ4n) is 2.06. The number of hydrogen-bond acceptors (Lipinski definition) is 3. The minimum atomic E-state index is 0.799. The molecule has 2 rings (SSSR count). The van der Waals surface area contributed by atoms with E-state index in [9.17, 15) is 0 Å². The zero-order valence-electron chi connectivity index (χ0n) is 11.3. The fourth-order valence-corrected chi connectivity index (χ4v) is 2.06. The third-order valence-corrected chi connectivity index (χ3v) is 2.80. The molecule has 2 aromatic rings. The molecule has 1 heterocycles. The van der Waals surface area contributed by atoms with E-state index in [1.807, 2.05) is 10.9 Å². The molecule has 0 amide bonds. The summed E-state index contributed by atoms with van der Waals surface area (Å²) in [5, 5.41) is 11.6. The third-order valence-electron chi connectivity index (χ3n) is 2.80. The number of hydrogen-bond donors (Lipinski definition) is 1. The maximum absolute atomic E-state index is 4.17. The van der Waals surface area contributed by atoms with E-state index in [0.29, 0.717) is 0 Å². The average Bonchev–Trinajstić information content (AvgIpc) is 2.76. The third kappa shape index (κ3) is 2.96. The van der Waals surface area contributed by atoms with Gasteiger partial charge in [-0.1, -0.05) is 18.2 Å². The van der Waals surface area contributed by atoms with Gasteiger partial charge in [0.2, 0.25) is 0 Å². The highest BCUT2D eigenvalue weighted by atomic mass is 15.4. The van der Waals surface area contributed by atoms with Crippen LogP contribution in [0, 0.1) is 13.8 Å². The lowest BCUT2D eigenvalue weighted by Gasteiger charge is -2.09. The van der Waals surface area contributed by atoms with Gasteiger partial charge in [0.25, 0.3) is 0 Å². The lowest BCUT2D eigenvalue weighted by Crippen LogP contribution is -2.16. The summed E-state index contributed by atoms with van der Waals surface area (Å²) in [5.74, 6) is 0. The van der Waals surface area contributed by atoms with Gasteiger partial charge >= 0.3 is 0 Å². The van der Waals surface area contributed by atoms with Gasteiger partial charge in [-0.05, 0) is 50.1 Å². The van der Waals surface area contributed by atoms with Crippen LogP contribution in [0.25, 0.3) is 5.69 Å². The Morgan fingerprint density at radius 1 is 1.17 bits per heavy atom. The van der Waals surface area contributed by atoms with Gasteiger partial charge in [0.05, 0.1) is 17.6 Å². The van der Waals surface area contributed by atoms with Crippen LogP contribution >= 0.6 is 0 Å². The molecule has 1 N–H and O–H groups in total. The number of aromatic nitrogens is 3. The largest absolute Gasteiger partial charge is 0.311 e. The highest BCUT2D eigenvalue weighted by Crippen LogP contribution is 2.14. The van der Waals surface area contributed by atoms with Gasteiger partial charge in [-0.3, -0.25) is 0 Å². The van der Waals surface area contributed by atoms with E-state index in [4.69, 9.17) is 0 Å². The molecule has 0 saturated carbocycles. The first-order valence-corrected chi connectivity index (χ1v) is 6.39. The molecular formula is C14H20N4. The van der Waals surface area contributed by atoms with Crippen molar-refractivity contribution in [3.63, 3.8) is 0 Å². The summed E-state index contributed by atoms with van der Waals surface area (Å²) in [6, 6.07) is 6.42. The zero-order chi connectivity index (χ0) is 13.0. The Bertz CT molecular complexity index is 496. The van der Waals surface area contributed by atoms with Crippen LogP contribution in [0.3, 0.4) is 0 Å². The first-order valence-electron chi connectivity index (χ1n) is 6.39. The fraction of sp³-hybridized carbons (Fsp3) is 0.429. The van der Waals surface area contributed by atoms with Crippen molar-refractivity contribution in [2.24, 2.45) is 0 Å². The zero-order valence-corrected chi connectivity index (χ0v) is 11.3. The van der Waals surface area contributed by atoms with Crippen LogP contribution in [0.1, 0.15) is 30.2 Å². The van der Waals surface area contributed by atoms with Crippen molar-refractivity contribution in [3.05, 3.63) is 41.2 Å². The normalized spacial score (nSPS) is 10.8. The van der Waals surface area contributed by atoms with Crippen molar-refractivity contribution in [1.82, 2.24) is 20.3 Å². The van der Waals surface area contributed by atoms with Crippen LogP contribution in [-0.2, 0) is 6.54 Å². The second kappa shape index (κ2) is 5.78. The predicted octanol–water partition coefficient (Wildman–Crippen LogP) is 2.38. The summed E-state index contributed by atoms with van der Waals surface area (Å²) in [4.78, 5) is 0. The van der Waals surface area contributed by atoms with E-state index < -0.39 is 0 Å². The van der Waals surface area contributed by atoms with Gasteiger partial charge in [0.1, 0.15) is 0 Å². The summed E-state index contributed by atoms with van der Waals surface area (Å²) in [7, 11) is 0. The minimum Gasteiger partial charge on any atom is -0.311 e. The van der Waals surface area contributed by atoms with E-state index in [-0.39, 0.29) is 0 Å². The first kappa shape index (κ1) is 12.8. The minimum absolute atomic E-state index is 0.799. The molecule has 0 unspecified atom stereocenters. The standard InChI is InChI=1S/C14H20N4/c1-4-5-15-9-14-10-16-17-18(14)13-7-11(2)6-12(3)8-13/h6-8,10,15H,4-5,9H2,1-3H3. The maximum Gasteiger partial charge on any atom is 0.0783 e. The molecular weight excluding hydrogens is 224 g/mol. The van der Waals surface area contributed by atoms with Gasteiger partial charge in [0.15, 0.2) is 0 Å². The number of aryl methyl sites for hydroxylation is 2. The predicted molar refractivity (Wildman–Crippen MR) is 72.8 cm³/mol. The van der Waals surface area contributed by atoms with Crippen LogP contribution in [0.5, 0.6) is 0 Å². The van der Waals surface area contributed by atoms with Gasteiger partial charge in [-0.2, -0.15) is 0 Å². The highest BCUT2D eigenvalue weighted by molar-refractivity contribution is 5.39. The molecule has 18 heavy (non-hydrogen) atoms. The van der Waals surface area contributed by atoms with Crippen molar-refractivity contribution >= 4 is 0 Å². The number of nitrogens with one attached hydrogen (secondary N) is 1. The molecule has 0 atom stereocenters. The van der Waals surface area contributed by atoms with E-state index in [0.717, 1.165) is 30.9 Å². The van der Waals surface area contributed by atoms with Crippen molar-refractivity contribution in [2.45, 2.75) is 33.7 Å². The number of benzene rings is 1. The lowest BCUT2D eigenvalue weighted by molar-refractivity contribution is 0.641. The molecule has 0 saturated heterocycles. The Balaban J connectivity index is 2.24. The van der Waals surface area contributed by atoms with Crippen LogP contribution in [0.4, 0.5) is 0 Å². The summed E-state index contributed by atoms with van der Waals surface area (Å²) >= 11 is 0. The summed E-state index contributed by atoms with van der Waals surface area (Å²) in [6.07, 6.45) is 2.95. The van der Waals surface area contributed by atoms with Crippen LogP contribution < -0.4 is 5.32 Å². The Morgan fingerprint density at radius 3 is 2.56 bits per heavy atom. The molecule has 4 heteroatoms. The molecule has 0 aliphatic rings. The van der Waals surface area contributed by atoms with E-state index in [1.165, 1.54) is 11.1 Å². The van der Waals surface area contributed by atoms with Crippen molar-refractivity contribution in [2.75, 3.05) is 6.54 Å². The molecule has 0 spiro atoms. The van der Waals surface area contributed by atoms with Crippen molar-refractivity contribution in [3.8, 4) is 5.69 Å². The Kier molecular flexibility index (Phi) is 4.10. The first-order chi connectivity index (χ1) is 8.70. The molecule has 1 aromatic heterocycles. The molecule has 0 fully saturated rings. The number of rotatable bonds is 5. The van der Waals surface area contributed by atoms with Gasteiger partial charge in [-0.15, -0.1) is 5.10 Å². The van der Waals surface area contributed by atoms with E-state index in [2.05, 4.69) is 54.6 Å². The van der Waals surface area contributed by atoms with Crippen LogP contribution in [0.15, 0.2) is 24.4 Å². The average molecular weight is 244 g/mol. The smallest absolute Gasteiger partial charge is 0.0783 e. The summed E-state index contributed by atoms with van der Waals surface area (Å²) in [5.41, 5.74) is 4.66. The number of nitrogens with zero attached hydrogens (tertiary/aromatic N) is 3. The van der Waals surface area contributed by atoms with E-state index in [1.54, 1.807) is 0 Å². The summed E-state index contributed by atoms with van der Waals surface area (Å²) < 4.78 is 1.91. The van der Waals surface area contributed by atoms with E-state index >= 15 is 0 Å². The maximum atomic E-state index is 4.17. The molecule has 0 radical (unpaired) electrons. The van der Waals surface area contributed by atoms with Gasteiger partial charge < -0.3 is 5.32 Å². The Hall–Kier alpha value is -1.68. The van der Waals surface area contributed by atoms with Crippen molar-refractivity contribution < 1.29 is 0 Å². The quantitative estimate of drug-likeness (QED) is 0.821. The molecule has 0 bridgehead atoms. The van der Waals surface area contributed by atoms with Gasteiger partial charge in [-0.25, -0.2) is 4.68 Å². The van der Waals surface area contributed by atoms with Crippen LogP contribution in [0.2, 0.25) is 0 Å². The van der Waals surface area contributed by atoms with Gasteiger partial charge in [0, 0.05) is 6.54 Å². The molecule has 0 aliphatic heterocycles. The second-order valence-electron chi connectivity index (χ2n) is 4.66. The highest BCUT2D eigenvalue weighted by Gasteiger charge is 2.06. The topological polar surface area (TPSA) is 42.7 Å². The van der Waals surface area contributed by atoms with Crippen LogP contribution in [-0.4, -0.2) is 21.5 Å². The summed E-state index contributed by atoms with van der Waals surface area (Å²) in [6.45, 7) is 8.17. The van der Waals surface area contributed by atoms with Crippen molar-refractivity contribution in [1.29, 1.82) is 0 Å². The Labute approximate surface area is 108 Å². The molecule has 4 nitrogen and oxygen atoms in total. The SMILES string of the molecule is CCCNCc1cnnn1-c1cc(C)cc(C)c1. The second-order valence-corrected chi connectivity index (χ2v) is 4.66.